The molecule has 4 nitrogen and oxygen atoms in total. The average molecular weight is 373 g/mol. The summed E-state index contributed by atoms with van der Waals surface area (Å²) in [4.78, 5) is 16.2. The number of anilines is 1. The Morgan fingerprint density at radius 2 is 2.08 bits per heavy atom. The van der Waals surface area contributed by atoms with Gasteiger partial charge in [0.15, 0.2) is 0 Å². The molecule has 0 spiro atoms. The van der Waals surface area contributed by atoms with Gasteiger partial charge in [-0.25, -0.2) is 0 Å². The van der Waals surface area contributed by atoms with Crippen LogP contribution in [0.3, 0.4) is 0 Å². The number of ether oxygens (including phenoxy) is 1. The minimum Gasteiger partial charge on any atom is -0.377 e. The molecule has 1 fully saturated rings. The predicted octanol–water partition coefficient (Wildman–Crippen LogP) is 4.29. The number of carbonyl (C=O) groups excluding carboxylic acids is 1. The monoisotopic (exact) mass is 372 g/mol. The van der Waals surface area contributed by atoms with Gasteiger partial charge < -0.3 is 10.1 Å². The van der Waals surface area contributed by atoms with Crippen molar-refractivity contribution in [3.8, 4) is 0 Å². The highest BCUT2D eigenvalue weighted by atomic mass is 32.1. The summed E-state index contributed by atoms with van der Waals surface area (Å²) < 4.78 is 5.78. The van der Waals surface area contributed by atoms with Gasteiger partial charge in [-0.1, -0.05) is 23.8 Å². The van der Waals surface area contributed by atoms with Crippen molar-refractivity contribution in [3.05, 3.63) is 51.2 Å². The van der Waals surface area contributed by atoms with Crippen LogP contribution in [0.2, 0.25) is 0 Å². The highest BCUT2D eigenvalue weighted by molar-refractivity contribution is 7.09. The van der Waals surface area contributed by atoms with E-state index in [9.17, 15) is 4.79 Å². The molecule has 0 saturated carbocycles. The van der Waals surface area contributed by atoms with Crippen molar-refractivity contribution in [1.29, 1.82) is 0 Å². The number of nitrogens with zero attached hydrogens (tertiary/aromatic N) is 1. The molecule has 1 amide bonds. The third-order valence-corrected chi connectivity index (χ3v) is 5.62. The zero-order valence-corrected chi connectivity index (χ0v) is 16.7. The first kappa shape index (κ1) is 19.1. The molecule has 2 heterocycles. The molecule has 5 heteroatoms. The van der Waals surface area contributed by atoms with E-state index in [2.05, 4.69) is 46.8 Å². The van der Waals surface area contributed by atoms with Crippen molar-refractivity contribution in [2.45, 2.75) is 46.3 Å². The van der Waals surface area contributed by atoms with Gasteiger partial charge in [-0.15, -0.1) is 11.3 Å². The molecule has 140 valence electrons. The maximum Gasteiger partial charge on any atom is 0.238 e. The first-order valence-corrected chi connectivity index (χ1v) is 10.1. The first-order valence-electron chi connectivity index (χ1n) is 9.25. The lowest BCUT2D eigenvalue weighted by molar-refractivity contribution is -0.117. The number of amides is 1. The van der Waals surface area contributed by atoms with Gasteiger partial charge in [0.1, 0.15) is 0 Å². The third kappa shape index (κ3) is 5.16. The number of hydrogen-bond donors (Lipinski definition) is 1. The highest BCUT2D eigenvalue weighted by Crippen LogP contribution is 2.22. The molecule has 1 aromatic heterocycles. The molecule has 1 saturated heterocycles. The van der Waals surface area contributed by atoms with Crippen molar-refractivity contribution < 1.29 is 9.53 Å². The molecule has 0 bridgehead atoms. The summed E-state index contributed by atoms with van der Waals surface area (Å²) in [5.41, 5.74) is 4.38. The van der Waals surface area contributed by atoms with E-state index in [0.29, 0.717) is 6.54 Å². The van der Waals surface area contributed by atoms with Crippen molar-refractivity contribution in [3.63, 3.8) is 0 Å². The zero-order valence-electron chi connectivity index (χ0n) is 15.9. The van der Waals surface area contributed by atoms with Crippen LogP contribution in [0.4, 0.5) is 5.69 Å². The van der Waals surface area contributed by atoms with Gasteiger partial charge in [0.2, 0.25) is 5.91 Å². The lowest BCUT2D eigenvalue weighted by Gasteiger charge is -2.24. The summed E-state index contributed by atoms with van der Waals surface area (Å²) in [6.07, 6.45) is 2.44. The van der Waals surface area contributed by atoms with E-state index in [0.717, 1.165) is 49.4 Å². The molecular formula is C21H28N2O2S. The number of aryl methyl sites for hydroxylation is 3. The quantitative estimate of drug-likeness (QED) is 0.788. The smallest absolute Gasteiger partial charge is 0.238 e. The topological polar surface area (TPSA) is 41.6 Å². The Bertz CT molecular complexity index is 713. The van der Waals surface area contributed by atoms with Crippen LogP contribution < -0.4 is 5.32 Å². The van der Waals surface area contributed by atoms with Crippen LogP contribution in [0.25, 0.3) is 0 Å². The number of benzene rings is 1. The molecule has 0 radical (unpaired) electrons. The normalized spacial score (nSPS) is 17.0. The number of rotatable bonds is 7. The van der Waals surface area contributed by atoms with Crippen LogP contribution in [0, 0.1) is 20.8 Å². The minimum absolute atomic E-state index is 0.0367. The summed E-state index contributed by atoms with van der Waals surface area (Å²) in [6.45, 7) is 8.98. The molecule has 2 aromatic rings. The van der Waals surface area contributed by atoms with Crippen LogP contribution in [-0.2, 0) is 16.1 Å². The van der Waals surface area contributed by atoms with Gasteiger partial charge in [-0.05, 0) is 56.2 Å². The molecule has 1 aliphatic rings. The summed E-state index contributed by atoms with van der Waals surface area (Å²) in [5.74, 6) is 0.0367. The van der Waals surface area contributed by atoms with Crippen molar-refractivity contribution in [2.24, 2.45) is 0 Å². The SMILES string of the molecule is Cc1cc(C)c(NC(=O)CN(Cc2cccs2)C[C@@H]2CCCO2)c(C)c1. The molecule has 0 unspecified atom stereocenters. The Hall–Kier alpha value is -1.69. The fraction of sp³-hybridized carbons (Fsp3) is 0.476. The standard InChI is InChI=1S/C21H28N2O2S/c1-15-10-16(2)21(17(3)11-15)22-20(24)14-23(12-18-6-4-8-25-18)13-19-7-5-9-26-19/h5,7,9-11,18H,4,6,8,12-14H2,1-3H3,(H,22,24)/t18-/m0/s1. The third-order valence-electron chi connectivity index (χ3n) is 4.75. The maximum atomic E-state index is 12.7. The van der Waals surface area contributed by atoms with Crippen molar-refractivity contribution in [2.75, 3.05) is 25.0 Å². The summed E-state index contributed by atoms with van der Waals surface area (Å²) in [5, 5.41) is 5.20. The van der Waals surface area contributed by atoms with Crippen LogP contribution in [-0.4, -0.2) is 36.6 Å². The Labute approximate surface area is 160 Å². The first-order chi connectivity index (χ1) is 12.5. The Kier molecular flexibility index (Phi) is 6.46. The van der Waals surface area contributed by atoms with E-state index in [1.807, 2.05) is 13.8 Å². The Morgan fingerprint density at radius 3 is 2.69 bits per heavy atom. The van der Waals surface area contributed by atoms with Gasteiger partial charge in [0, 0.05) is 30.3 Å². The van der Waals surface area contributed by atoms with Gasteiger partial charge in [0.05, 0.1) is 12.6 Å². The van der Waals surface area contributed by atoms with Gasteiger partial charge in [-0.2, -0.15) is 0 Å². The molecule has 0 aliphatic carbocycles. The largest absolute Gasteiger partial charge is 0.377 e. The van der Waals surface area contributed by atoms with E-state index < -0.39 is 0 Å². The fourth-order valence-corrected chi connectivity index (χ4v) is 4.39. The van der Waals surface area contributed by atoms with Gasteiger partial charge in [0.25, 0.3) is 0 Å². The van der Waals surface area contributed by atoms with Gasteiger partial charge in [-0.3, -0.25) is 9.69 Å². The predicted molar refractivity (Wildman–Crippen MR) is 108 cm³/mol. The average Bonchev–Trinajstić information content (AvgIpc) is 3.24. The number of thiophene rings is 1. The Balaban J connectivity index is 1.66. The lowest BCUT2D eigenvalue weighted by atomic mass is 10.1. The number of nitrogens with one attached hydrogen (secondary N) is 1. The van der Waals surface area contributed by atoms with E-state index in [1.54, 1.807) is 11.3 Å². The van der Waals surface area contributed by atoms with Crippen LogP contribution >= 0.6 is 11.3 Å². The van der Waals surface area contributed by atoms with Crippen LogP contribution in [0.1, 0.15) is 34.4 Å². The molecular weight excluding hydrogens is 344 g/mol. The zero-order chi connectivity index (χ0) is 18.5. The van der Waals surface area contributed by atoms with E-state index in [1.165, 1.54) is 10.4 Å². The molecule has 26 heavy (non-hydrogen) atoms. The van der Waals surface area contributed by atoms with Gasteiger partial charge >= 0.3 is 0 Å². The lowest BCUT2D eigenvalue weighted by Crippen LogP contribution is -2.37. The van der Waals surface area contributed by atoms with Crippen molar-refractivity contribution in [1.82, 2.24) is 4.90 Å². The summed E-state index contributed by atoms with van der Waals surface area (Å²) in [7, 11) is 0. The second kappa shape index (κ2) is 8.80. The van der Waals surface area contributed by atoms with E-state index in [4.69, 9.17) is 4.74 Å². The van der Waals surface area contributed by atoms with E-state index >= 15 is 0 Å². The molecule has 1 atom stereocenters. The van der Waals surface area contributed by atoms with Crippen molar-refractivity contribution >= 4 is 22.9 Å². The number of carbonyl (C=O) groups is 1. The molecule has 1 aromatic carbocycles. The fourth-order valence-electron chi connectivity index (χ4n) is 3.64. The van der Waals surface area contributed by atoms with E-state index in [-0.39, 0.29) is 12.0 Å². The second-order valence-electron chi connectivity index (χ2n) is 7.21. The molecule has 3 rings (SSSR count). The minimum atomic E-state index is 0.0367. The second-order valence-corrected chi connectivity index (χ2v) is 8.24. The van der Waals surface area contributed by atoms with Crippen LogP contribution in [0.15, 0.2) is 29.6 Å². The summed E-state index contributed by atoms with van der Waals surface area (Å²) in [6, 6.07) is 8.40. The highest BCUT2D eigenvalue weighted by Gasteiger charge is 2.21. The van der Waals surface area contributed by atoms with Crippen LogP contribution in [0.5, 0.6) is 0 Å². The molecule has 1 N–H and O–H groups in total. The molecule has 1 aliphatic heterocycles. The maximum absolute atomic E-state index is 12.7. The number of hydrogen-bond acceptors (Lipinski definition) is 4. The Morgan fingerprint density at radius 1 is 1.31 bits per heavy atom. The summed E-state index contributed by atoms with van der Waals surface area (Å²) >= 11 is 1.73.